The predicted octanol–water partition coefficient (Wildman–Crippen LogP) is 3.03. The normalized spacial score (nSPS) is 14.3. The van der Waals surface area contributed by atoms with E-state index < -0.39 is 6.10 Å². The highest BCUT2D eigenvalue weighted by Crippen LogP contribution is 2.25. The van der Waals surface area contributed by atoms with E-state index in [0.29, 0.717) is 16.1 Å². The molecule has 1 unspecified atom stereocenters. The molecule has 4 rings (SSSR count). The van der Waals surface area contributed by atoms with Crippen LogP contribution in [0.3, 0.4) is 0 Å². The van der Waals surface area contributed by atoms with Gasteiger partial charge < -0.3 is 10.2 Å². The minimum atomic E-state index is -0.739. The Balaban J connectivity index is 1.47. The van der Waals surface area contributed by atoms with Crippen LogP contribution >= 0.6 is 11.6 Å². The standard InChI is InChI=1S/C18H17ClN4O2/c1-11(25-23-17-10-14(19)6-8-16(17)21-22-23)18(24)20-15-7-5-12-3-2-4-13(12)9-15/h5-11H,2-4H2,1H3,(H,20,24). The predicted molar refractivity (Wildman–Crippen MR) is 95.7 cm³/mol. The first kappa shape index (κ1) is 15.9. The zero-order chi connectivity index (χ0) is 17.4. The molecule has 1 aliphatic carbocycles. The average molecular weight is 357 g/mol. The van der Waals surface area contributed by atoms with Crippen LogP contribution in [0.25, 0.3) is 11.0 Å². The fraction of sp³-hybridized carbons (Fsp3) is 0.278. The first-order chi connectivity index (χ1) is 12.1. The van der Waals surface area contributed by atoms with Gasteiger partial charge in [-0.05, 0) is 72.9 Å². The molecule has 6 nitrogen and oxygen atoms in total. The van der Waals surface area contributed by atoms with E-state index in [1.807, 2.05) is 12.1 Å². The molecule has 0 saturated carbocycles. The number of carbonyl (C=O) groups is 1. The highest BCUT2D eigenvalue weighted by atomic mass is 35.5. The maximum atomic E-state index is 12.4. The number of amides is 1. The van der Waals surface area contributed by atoms with Gasteiger partial charge in [0.2, 0.25) is 6.10 Å². The third-order valence-corrected chi connectivity index (χ3v) is 4.61. The Morgan fingerprint density at radius 1 is 1.24 bits per heavy atom. The molecule has 0 radical (unpaired) electrons. The molecule has 2 aromatic carbocycles. The number of benzene rings is 2. The van der Waals surface area contributed by atoms with Crippen molar-refractivity contribution in [2.75, 3.05) is 5.32 Å². The molecule has 25 heavy (non-hydrogen) atoms. The van der Waals surface area contributed by atoms with Gasteiger partial charge in [-0.1, -0.05) is 22.5 Å². The number of hydrogen-bond acceptors (Lipinski definition) is 4. The van der Waals surface area contributed by atoms with Crippen LogP contribution in [0, 0.1) is 0 Å². The summed E-state index contributed by atoms with van der Waals surface area (Å²) in [5, 5.41) is 11.4. The van der Waals surface area contributed by atoms with Gasteiger partial charge >= 0.3 is 0 Å². The van der Waals surface area contributed by atoms with Crippen molar-refractivity contribution >= 4 is 34.2 Å². The molecule has 128 valence electrons. The van der Waals surface area contributed by atoms with Crippen molar-refractivity contribution in [2.45, 2.75) is 32.3 Å². The van der Waals surface area contributed by atoms with Crippen LogP contribution in [0.4, 0.5) is 5.69 Å². The Bertz CT molecular complexity index is 953. The number of nitrogens with one attached hydrogen (secondary N) is 1. The first-order valence-electron chi connectivity index (χ1n) is 8.21. The van der Waals surface area contributed by atoms with Crippen LogP contribution in [0.1, 0.15) is 24.5 Å². The molecular formula is C18H17ClN4O2. The van der Waals surface area contributed by atoms with E-state index in [-0.39, 0.29) is 5.91 Å². The molecule has 1 atom stereocenters. The summed E-state index contributed by atoms with van der Waals surface area (Å²) in [6.45, 7) is 1.67. The number of aromatic nitrogens is 3. The van der Waals surface area contributed by atoms with Gasteiger partial charge in [0, 0.05) is 10.7 Å². The van der Waals surface area contributed by atoms with Gasteiger partial charge in [0.15, 0.2) is 0 Å². The number of nitrogens with zero attached hydrogens (tertiary/aromatic N) is 3. The number of fused-ring (bicyclic) bond motifs is 2. The Morgan fingerprint density at radius 2 is 2.08 bits per heavy atom. The van der Waals surface area contributed by atoms with Crippen molar-refractivity contribution in [3.05, 3.63) is 52.5 Å². The van der Waals surface area contributed by atoms with Gasteiger partial charge in [0.25, 0.3) is 5.91 Å². The molecule has 1 amide bonds. The molecule has 0 saturated heterocycles. The first-order valence-corrected chi connectivity index (χ1v) is 8.59. The third-order valence-electron chi connectivity index (χ3n) is 4.37. The summed E-state index contributed by atoms with van der Waals surface area (Å²) in [5.74, 6) is -0.247. The van der Waals surface area contributed by atoms with Gasteiger partial charge in [-0.25, -0.2) is 0 Å². The van der Waals surface area contributed by atoms with E-state index >= 15 is 0 Å². The summed E-state index contributed by atoms with van der Waals surface area (Å²) in [6.07, 6.45) is 2.62. The van der Waals surface area contributed by atoms with Crippen LogP contribution in [0.15, 0.2) is 36.4 Å². The number of anilines is 1. The highest BCUT2D eigenvalue weighted by Gasteiger charge is 2.19. The topological polar surface area (TPSA) is 69.0 Å². The lowest BCUT2D eigenvalue weighted by Crippen LogP contribution is -2.35. The monoisotopic (exact) mass is 356 g/mol. The fourth-order valence-electron chi connectivity index (χ4n) is 3.04. The molecule has 1 aromatic heterocycles. The van der Waals surface area contributed by atoms with E-state index in [4.69, 9.17) is 16.4 Å². The lowest BCUT2D eigenvalue weighted by atomic mass is 10.1. The molecule has 1 aliphatic rings. The number of hydrogen-bond donors (Lipinski definition) is 1. The van der Waals surface area contributed by atoms with Gasteiger partial charge in [-0.2, -0.15) is 0 Å². The summed E-state index contributed by atoms with van der Waals surface area (Å²) in [4.78, 5) is 19.3. The number of rotatable bonds is 4. The van der Waals surface area contributed by atoms with E-state index in [9.17, 15) is 4.79 Å². The molecule has 0 spiro atoms. The molecular weight excluding hydrogens is 340 g/mol. The van der Waals surface area contributed by atoms with Crippen molar-refractivity contribution in [1.29, 1.82) is 0 Å². The molecule has 1 N–H and O–H groups in total. The quantitative estimate of drug-likeness (QED) is 0.780. The fourth-order valence-corrected chi connectivity index (χ4v) is 3.21. The van der Waals surface area contributed by atoms with Crippen molar-refractivity contribution in [1.82, 2.24) is 15.2 Å². The van der Waals surface area contributed by atoms with Gasteiger partial charge in [0.05, 0.1) is 0 Å². The smallest absolute Gasteiger partial charge is 0.267 e. The minimum Gasteiger partial charge on any atom is -0.382 e. The Morgan fingerprint density at radius 3 is 2.96 bits per heavy atom. The minimum absolute atomic E-state index is 0.247. The maximum Gasteiger partial charge on any atom is 0.267 e. The van der Waals surface area contributed by atoms with Crippen LogP contribution in [0.5, 0.6) is 0 Å². The van der Waals surface area contributed by atoms with Crippen LogP contribution in [0.2, 0.25) is 5.02 Å². The summed E-state index contributed by atoms with van der Waals surface area (Å²) in [6, 6.07) is 11.2. The molecule has 1 heterocycles. The largest absolute Gasteiger partial charge is 0.382 e. The van der Waals surface area contributed by atoms with Crippen molar-refractivity contribution in [3.63, 3.8) is 0 Å². The number of carbonyl (C=O) groups excluding carboxylic acids is 1. The average Bonchev–Trinajstić information content (AvgIpc) is 3.21. The van der Waals surface area contributed by atoms with Gasteiger partial charge in [-0.3, -0.25) is 4.79 Å². The zero-order valence-corrected chi connectivity index (χ0v) is 14.5. The number of aryl methyl sites for hydroxylation is 2. The van der Waals surface area contributed by atoms with Crippen LogP contribution in [-0.4, -0.2) is 27.2 Å². The Hall–Kier alpha value is -2.60. The zero-order valence-electron chi connectivity index (χ0n) is 13.7. The van der Waals surface area contributed by atoms with E-state index in [1.54, 1.807) is 25.1 Å². The number of halogens is 1. The van der Waals surface area contributed by atoms with Crippen LogP contribution in [-0.2, 0) is 17.6 Å². The van der Waals surface area contributed by atoms with E-state index in [0.717, 1.165) is 18.5 Å². The second kappa shape index (κ2) is 6.37. The van der Waals surface area contributed by atoms with Gasteiger partial charge in [0.1, 0.15) is 11.0 Å². The molecule has 7 heteroatoms. The maximum absolute atomic E-state index is 12.4. The third kappa shape index (κ3) is 3.17. The summed E-state index contributed by atoms with van der Waals surface area (Å²) in [7, 11) is 0. The summed E-state index contributed by atoms with van der Waals surface area (Å²) >= 11 is 6.00. The van der Waals surface area contributed by atoms with E-state index in [2.05, 4.69) is 21.7 Å². The highest BCUT2D eigenvalue weighted by molar-refractivity contribution is 6.31. The second-order valence-electron chi connectivity index (χ2n) is 6.17. The lowest BCUT2D eigenvalue weighted by Gasteiger charge is -2.14. The van der Waals surface area contributed by atoms with Gasteiger partial charge in [-0.15, -0.1) is 5.10 Å². The SMILES string of the molecule is CC(On1nnc2ccc(Cl)cc21)C(=O)Nc1ccc2c(c1)CCC2. The Kier molecular flexibility index (Phi) is 4.05. The van der Waals surface area contributed by atoms with Crippen molar-refractivity contribution < 1.29 is 9.63 Å². The van der Waals surface area contributed by atoms with Crippen LogP contribution < -0.4 is 10.2 Å². The second-order valence-corrected chi connectivity index (χ2v) is 6.61. The molecule has 0 bridgehead atoms. The van der Waals surface area contributed by atoms with E-state index in [1.165, 1.54) is 22.4 Å². The van der Waals surface area contributed by atoms with Crippen molar-refractivity contribution in [2.24, 2.45) is 0 Å². The summed E-state index contributed by atoms with van der Waals surface area (Å²) in [5.41, 5.74) is 4.73. The lowest BCUT2D eigenvalue weighted by molar-refractivity contribution is -0.127. The molecule has 0 fully saturated rings. The Labute approximate surface area is 149 Å². The molecule has 0 aliphatic heterocycles. The summed E-state index contributed by atoms with van der Waals surface area (Å²) < 4.78 is 0. The van der Waals surface area contributed by atoms with Crippen molar-refractivity contribution in [3.8, 4) is 0 Å². The molecule has 3 aromatic rings.